The van der Waals surface area contributed by atoms with Gasteiger partial charge in [0.25, 0.3) is 0 Å². The van der Waals surface area contributed by atoms with Crippen LogP contribution in [0.3, 0.4) is 0 Å². The molecule has 1 unspecified atom stereocenters. The Morgan fingerprint density at radius 1 is 1.18 bits per heavy atom. The molecular weight excluding hydrogens is 286 g/mol. The Bertz CT molecular complexity index is 533. The minimum absolute atomic E-state index is 0.00229. The van der Waals surface area contributed by atoms with E-state index >= 15 is 0 Å². The highest BCUT2D eigenvalue weighted by atomic mass is 16.6. The van der Waals surface area contributed by atoms with E-state index in [0.29, 0.717) is 5.56 Å². The summed E-state index contributed by atoms with van der Waals surface area (Å²) in [5.74, 6) is -1.37. The van der Waals surface area contributed by atoms with Gasteiger partial charge in [-0.2, -0.15) is 0 Å². The number of carboxylic acid groups (broad SMARTS) is 1. The largest absolute Gasteiger partial charge is 0.480 e. The van der Waals surface area contributed by atoms with Gasteiger partial charge in [-0.05, 0) is 27.2 Å². The van der Waals surface area contributed by atoms with Crippen LogP contribution in [-0.4, -0.2) is 34.6 Å². The molecule has 6 heteroatoms. The van der Waals surface area contributed by atoms with Crippen molar-refractivity contribution < 1.29 is 24.2 Å². The summed E-state index contributed by atoms with van der Waals surface area (Å²) in [6.07, 6.45) is -0.786. The van der Waals surface area contributed by atoms with Crippen LogP contribution in [0.15, 0.2) is 30.3 Å². The lowest BCUT2D eigenvalue weighted by molar-refractivity contribution is -0.139. The third kappa shape index (κ3) is 6.39. The Morgan fingerprint density at radius 3 is 2.27 bits per heavy atom. The second-order valence-corrected chi connectivity index (χ2v) is 5.86. The summed E-state index contributed by atoms with van der Waals surface area (Å²) in [5.41, 5.74) is -0.198. The van der Waals surface area contributed by atoms with Crippen molar-refractivity contribution in [2.45, 2.75) is 45.3 Å². The molecular formula is C16H21NO5. The van der Waals surface area contributed by atoms with Gasteiger partial charge in [0.2, 0.25) is 0 Å². The van der Waals surface area contributed by atoms with Crippen molar-refractivity contribution in [2.75, 3.05) is 0 Å². The molecule has 0 aromatic heterocycles. The fraction of sp³-hybridized carbons (Fsp3) is 0.438. The number of benzene rings is 1. The first-order valence-corrected chi connectivity index (χ1v) is 6.99. The first kappa shape index (κ1) is 17.7. The molecule has 6 nitrogen and oxygen atoms in total. The van der Waals surface area contributed by atoms with E-state index in [-0.39, 0.29) is 18.6 Å². The summed E-state index contributed by atoms with van der Waals surface area (Å²) >= 11 is 0. The van der Waals surface area contributed by atoms with Gasteiger partial charge in [0.1, 0.15) is 11.6 Å². The molecule has 0 radical (unpaired) electrons. The molecule has 0 saturated carbocycles. The number of alkyl carbamates (subject to hydrolysis) is 1. The average molecular weight is 307 g/mol. The lowest BCUT2D eigenvalue weighted by Crippen LogP contribution is -2.43. The fourth-order valence-electron chi connectivity index (χ4n) is 1.75. The predicted molar refractivity (Wildman–Crippen MR) is 80.8 cm³/mol. The first-order valence-electron chi connectivity index (χ1n) is 6.99. The van der Waals surface area contributed by atoms with Crippen LogP contribution in [0.25, 0.3) is 0 Å². The number of amides is 1. The van der Waals surface area contributed by atoms with Gasteiger partial charge >= 0.3 is 12.1 Å². The van der Waals surface area contributed by atoms with Crippen LogP contribution in [0.2, 0.25) is 0 Å². The van der Waals surface area contributed by atoms with E-state index in [1.807, 2.05) is 0 Å². The Morgan fingerprint density at radius 2 is 1.77 bits per heavy atom. The van der Waals surface area contributed by atoms with Crippen LogP contribution in [0.5, 0.6) is 0 Å². The number of rotatable bonds is 6. The molecule has 1 aromatic carbocycles. The minimum Gasteiger partial charge on any atom is -0.480 e. The molecule has 2 N–H and O–H groups in total. The van der Waals surface area contributed by atoms with Gasteiger partial charge in [0.15, 0.2) is 5.78 Å². The molecule has 0 fully saturated rings. The summed E-state index contributed by atoms with van der Waals surface area (Å²) in [7, 11) is 0. The monoisotopic (exact) mass is 307 g/mol. The van der Waals surface area contributed by atoms with Crippen LogP contribution in [0, 0.1) is 0 Å². The molecule has 1 rings (SSSR count). The summed E-state index contributed by atoms with van der Waals surface area (Å²) in [5, 5.41) is 11.4. The number of carbonyl (C=O) groups is 3. The topological polar surface area (TPSA) is 92.7 Å². The summed E-state index contributed by atoms with van der Waals surface area (Å²) < 4.78 is 5.01. The predicted octanol–water partition coefficient (Wildman–Crippen LogP) is 2.63. The maximum atomic E-state index is 11.9. The van der Waals surface area contributed by atoms with E-state index in [4.69, 9.17) is 9.84 Å². The van der Waals surface area contributed by atoms with Crippen molar-refractivity contribution >= 4 is 17.8 Å². The van der Waals surface area contributed by atoms with E-state index in [9.17, 15) is 14.4 Å². The second kappa shape index (κ2) is 7.59. The van der Waals surface area contributed by atoms with E-state index < -0.39 is 23.7 Å². The maximum absolute atomic E-state index is 11.9. The number of carboxylic acids is 1. The first-order chi connectivity index (χ1) is 10.2. The van der Waals surface area contributed by atoms with E-state index in [1.54, 1.807) is 51.1 Å². The molecule has 22 heavy (non-hydrogen) atoms. The minimum atomic E-state index is -1.20. The number of Topliss-reactive ketones (excluding diaryl/α,β-unsaturated/α-hetero) is 1. The van der Waals surface area contributed by atoms with Crippen molar-refractivity contribution in [2.24, 2.45) is 0 Å². The lowest BCUT2D eigenvalue weighted by atomic mass is 10.0. The van der Waals surface area contributed by atoms with Gasteiger partial charge in [-0.15, -0.1) is 0 Å². The Kier molecular flexibility index (Phi) is 6.10. The molecule has 0 aliphatic heterocycles. The van der Waals surface area contributed by atoms with Gasteiger partial charge in [0, 0.05) is 12.0 Å². The van der Waals surface area contributed by atoms with Crippen molar-refractivity contribution in [3.8, 4) is 0 Å². The van der Waals surface area contributed by atoms with Crippen LogP contribution in [-0.2, 0) is 9.53 Å². The summed E-state index contributed by atoms with van der Waals surface area (Å²) in [6, 6.07) is 7.43. The number of ketones is 1. The van der Waals surface area contributed by atoms with Gasteiger partial charge < -0.3 is 15.2 Å². The third-order valence-electron chi connectivity index (χ3n) is 2.74. The zero-order valence-corrected chi connectivity index (χ0v) is 13.0. The lowest BCUT2D eigenvalue weighted by Gasteiger charge is -2.21. The molecule has 0 aliphatic rings. The van der Waals surface area contributed by atoms with Crippen molar-refractivity contribution in [1.29, 1.82) is 0 Å². The molecule has 0 spiro atoms. The molecule has 0 heterocycles. The number of hydrogen-bond acceptors (Lipinski definition) is 4. The van der Waals surface area contributed by atoms with Crippen molar-refractivity contribution in [1.82, 2.24) is 5.32 Å². The highest BCUT2D eigenvalue weighted by Crippen LogP contribution is 2.10. The quantitative estimate of drug-likeness (QED) is 0.788. The van der Waals surface area contributed by atoms with Crippen LogP contribution >= 0.6 is 0 Å². The Hall–Kier alpha value is -2.37. The summed E-state index contributed by atoms with van der Waals surface area (Å²) in [4.78, 5) is 34.7. The highest BCUT2D eigenvalue weighted by Gasteiger charge is 2.24. The third-order valence-corrected chi connectivity index (χ3v) is 2.74. The van der Waals surface area contributed by atoms with Gasteiger partial charge in [-0.3, -0.25) is 4.79 Å². The second-order valence-electron chi connectivity index (χ2n) is 5.86. The van der Waals surface area contributed by atoms with E-state index in [1.165, 1.54) is 0 Å². The van der Waals surface area contributed by atoms with Gasteiger partial charge in [-0.1, -0.05) is 30.3 Å². The van der Waals surface area contributed by atoms with Crippen LogP contribution in [0.4, 0.5) is 4.79 Å². The smallest absolute Gasteiger partial charge is 0.408 e. The number of carbonyl (C=O) groups excluding carboxylic acids is 2. The molecule has 120 valence electrons. The summed E-state index contributed by atoms with van der Waals surface area (Å²) in [6.45, 7) is 5.05. The standard InChI is InChI=1S/C16H21NO5/c1-16(2,3)22-15(21)17-12(14(19)20)9-10-13(18)11-7-5-4-6-8-11/h4-8,12H,9-10H2,1-3H3,(H,17,21)(H,19,20). The molecule has 1 aromatic rings. The van der Waals surface area contributed by atoms with Crippen LogP contribution < -0.4 is 5.32 Å². The van der Waals surface area contributed by atoms with Gasteiger partial charge in [-0.25, -0.2) is 9.59 Å². The zero-order chi connectivity index (χ0) is 16.8. The van der Waals surface area contributed by atoms with E-state index in [2.05, 4.69) is 5.32 Å². The van der Waals surface area contributed by atoms with Crippen LogP contribution in [0.1, 0.15) is 44.0 Å². The molecule has 0 bridgehead atoms. The van der Waals surface area contributed by atoms with Crippen molar-refractivity contribution in [3.05, 3.63) is 35.9 Å². The molecule has 0 aliphatic carbocycles. The Labute approximate surface area is 129 Å². The average Bonchev–Trinajstić information content (AvgIpc) is 2.41. The number of nitrogens with one attached hydrogen (secondary N) is 1. The number of hydrogen-bond donors (Lipinski definition) is 2. The van der Waals surface area contributed by atoms with E-state index in [0.717, 1.165) is 0 Å². The van der Waals surface area contributed by atoms with Gasteiger partial charge in [0.05, 0.1) is 0 Å². The fourth-order valence-corrected chi connectivity index (χ4v) is 1.75. The molecule has 1 amide bonds. The normalized spacial score (nSPS) is 12.3. The Balaban J connectivity index is 2.57. The molecule has 1 atom stereocenters. The highest BCUT2D eigenvalue weighted by molar-refractivity contribution is 5.96. The molecule has 0 saturated heterocycles. The van der Waals surface area contributed by atoms with Crippen molar-refractivity contribution in [3.63, 3.8) is 0 Å². The SMILES string of the molecule is CC(C)(C)OC(=O)NC(CCC(=O)c1ccccc1)C(=O)O. The maximum Gasteiger partial charge on any atom is 0.408 e. The number of ether oxygens (including phenoxy) is 1. The zero-order valence-electron chi connectivity index (χ0n) is 13.0. The number of aliphatic carboxylic acids is 1.